The van der Waals surface area contributed by atoms with Gasteiger partial charge in [-0.05, 0) is 36.5 Å². The van der Waals surface area contributed by atoms with Gasteiger partial charge in [0.25, 0.3) is 0 Å². The molecule has 2 aromatic carbocycles. The van der Waals surface area contributed by atoms with Gasteiger partial charge in [-0.15, -0.1) is 0 Å². The molecule has 0 saturated carbocycles. The Morgan fingerprint density at radius 1 is 0.857 bits per heavy atom. The van der Waals surface area contributed by atoms with Gasteiger partial charge in [0.15, 0.2) is 5.82 Å². The lowest BCUT2D eigenvalue weighted by Crippen LogP contribution is -2.08. The van der Waals surface area contributed by atoms with Gasteiger partial charge in [0.2, 0.25) is 0 Å². The number of nitrogens with zero attached hydrogens (tertiary/aromatic N) is 2. The number of aryl methyl sites for hydroxylation is 1. The van der Waals surface area contributed by atoms with Gasteiger partial charge >= 0.3 is 0 Å². The molecule has 0 atom stereocenters. The maximum absolute atomic E-state index is 6.40. The molecule has 3 aromatic rings. The number of fused-ring (bicyclic) bond motifs is 2. The quantitative estimate of drug-likeness (QED) is 0.601. The molecule has 104 valence electrons. The summed E-state index contributed by atoms with van der Waals surface area (Å²) >= 11 is 6.40. The molecule has 1 aliphatic carbocycles. The van der Waals surface area contributed by atoms with Crippen molar-refractivity contribution < 1.29 is 0 Å². The van der Waals surface area contributed by atoms with E-state index in [0.717, 1.165) is 35.5 Å². The molecule has 1 heterocycles. The van der Waals surface area contributed by atoms with Crippen molar-refractivity contribution >= 4 is 22.4 Å². The summed E-state index contributed by atoms with van der Waals surface area (Å²) in [5, 5.41) is 3.00. The van der Waals surface area contributed by atoms with Gasteiger partial charge in [0.1, 0.15) is 5.15 Å². The van der Waals surface area contributed by atoms with Crippen LogP contribution in [-0.2, 0) is 12.8 Å². The highest BCUT2D eigenvalue weighted by Gasteiger charge is 2.18. The number of aromatic nitrogens is 2. The van der Waals surface area contributed by atoms with Crippen LogP contribution in [0.2, 0.25) is 5.15 Å². The van der Waals surface area contributed by atoms with E-state index < -0.39 is 0 Å². The van der Waals surface area contributed by atoms with Crippen molar-refractivity contribution in [2.75, 3.05) is 0 Å². The first-order chi connectivity index (χ1) is 10.3. The standard InChI is InChI=1S/C18H15ClN2/c19-17-15-9-3-4-11-16(15)20-18(21-17)14-10-5-7-12-6-1-2-8-13(12)14/h1-2,5-8,10H,3-4,9,11H2. The summed E-state index contributed by atoms with van der Waals surface area (Å²) in [6, 6.07) is 14.6. The molecule has 0 saturated heterocycles. The van der Waals surface area contributed by atoms with Crippen LogP contribution in [0.3, 0.4) is 0 Å². The summed E-state index contributed by atoms with van der Waals surface area (Å²) in [5.41, 5.74) is 3.33. The Hall–Kier alpha value is -1.93. The molecule has 21 heavy (non-hydrogen) atoms. The molecule has 4 rings (SSSR count). The van der Waals surface area contributed by atoms with Crippen molar-refractivity contribution in [1.82, 2.24) is 9.97 Å². The van der Waals surface area contributed by atoms with Crippen LogP contribution < -0.4 is 0 Å². The number of benzene rings is 2. The van der Waals surface area contributed by atoms with Crippen LogP contribution >= 0.6 is 11.6 Å². The average Bonchev–Trinajstić information content (AvgIpc) is 2.54. The van der Waals surface area contributed by atoms with Crippen LogP contribution in [-0.4, -0.2) is 9.97 Å². The van der Waals surface area contributed by atoms with Crippen molar-refractivity contribution in [1.29, 1.82) is 0 Å². The van der Waals surface area contributed by atoms with Crippen LogP contribution in [0.4, 0.5) is 0 Å². The zero-order valence-corrected chi connectivity index (χ0v) is 12.4. The molecular weight excluding hydrogens is 280 g/mol. The van der Waals surface area contributed by atoms with Crippen molar-refractivity contribution in [2.45, 2.75) is 25.7 Å². The van der Waals surface area contributed by atoms with Crippen LogP contribution in [0.1, 0.15) is 24.1 Å². The lowest BCUT2D eigenvalue weighted by Gasteiger charge is -2.17. The molecule has 1 aromatic heterocycles. The molecule has 1 aliphatic rings. The number of hydrogen-bond donors (Lipinski definition) is 0. The summed E-state index contributed by atoms with van der Waals surface area (Å²) < 4.78 is 0. The van der Waals surface area contributed by atoms with E-state index in [9.17, 15) is 0 Å². The number of halogens is 1. The Balaban J connectivity index is 1.95. The van der Waals surface area contributed by atoms with Crippen molar-refractivity contribution in [3.05, 3.63) is 58.9 Å². The lowest BCUT2D eigenvalue weighted by atomic mass is 9.97. The zero-order valence-electron chi connectivity index (χ0n) is 11.6. The van der Waals surface area contributed by atoms with Gasteiger partial charge in [0.05, 0.1) is 0 Å². The van der Waals surface area contributed by atoms with E-state index >= 15 is 0 Å². The summed E-state index contributed by atoms with van der Waals surface area (Å²) in [4.78, 5) is 9.36. The monoisotopic (exact) mass is 294 g/mol. The molecule has 0 amide bonds. The number of rotatable bonds is 1. The van der Waals surface area contributed by atoms with Gasteiger partial charge in [-0.1, -0.05) is 54.1 Å². The highest BCUT2D eigenvalue weighted by molar-refractivity contribution is 6.30. The van der Waals surface area contributed by atoms with E-state index in [1.807, 2.05) is 18.2 Å². The Morgan fingerprint density at radius 3 is 2.62 bits per heavy atom. The number of hydrogen-bond acceptors (Lipinski definition) is 2. The van der Waals surface area contributed by atoms with E-state index in [4.69, 9.17) is 16.6 Å². The molecule has 0 bridgehead atoms. The van der Waals surface area contributed by atoms with Gasteiger partial charge in [-0.3, -0.25) is 0 Å². The second-order valence-corrected chi connectivity index (χ2v) is 5.86. The molecule has 0 N–H and O–H groups in total. The van der Waals surface area contributed by atoms with Crippen LogP contribution in [0, 0.1) is 0 Å². The van der Waals surface area contributed by atoms with Gasteiger partial charge in [-0.2, -0.15) is 0 Å². The zero-order chi connectivity index (χ0) is 14.2. The lowest BCUT2D eigenvalue weighted by molar-refractivity contribution is 0.663. The summed E-state index contributed by atoms with van der Waals surface area (Å²) in [5.74, 6) is 0.748. The molecular formula is C18H15ClN2. The first kappa shape index (κ1) is 12.8. The van der Waals surface area contributed by atoms with Crippen molar-refractivity contribution in [3.63, 3.8) is 0 Å². The first-order valence-electron chi connectivity index (χ1n) is 7.36. The van der Waals surface area contributed by atoms with Crippen molar-refractivity contribution in [2.24, 2.45) is 0 Å². The molecule has 0 spiro atoms. The van der Waals surface area contributed by atoms with E-state index in [-0.39, 0.29) is 0 Å². The Bertz CT molecular complexity index is 821. The smallest absolute Gasteiger partial charge is 0.161 e. The predicted octanol–water partition coefficient (Wildman–Crippen LogP) is 4.83. The van der Waals surface area contributed by atoms with Crippen molar-refractivity contribution in [3.8, 4) is 11.4 Å². The largest absolute Gasteiger partial charge is 0.233 e. The normalized spacial score (nSPS) is 14.1. The molecule has 2 nitrogen and oxygen atoms in total. The van der Waals surface area contributed by atoms with Crippen LogP contribution in [0.25, 0.3) is 22.2 Å². The Morgan fingerprint density at radius 2 is 1.67 bits per heavy atom. The molecule has 0 radical (unpaired) electrons. The SMILES string of the molecule is Clc1nc(-c2cccc3ccccc23)nc2c1CCCC2. The molecule has 0 aliphatic heterocycles. The van der Waals surface area contributed by atoms with E-state index in [1.54, 1.807) is 0 Å². The van der Waals surface area contributed by atoms with E-state index in [2.05, 4.69) is 29.2 Å². The molecule has 3 heteroatoms. The fourth-order valence-electron chi connectivity index (χ4n) is 3.09. The van der Waals surface area contributed by atoms with Crippen LogP contribution in [0.15, 0.2) is 42.5 Å². The van der Waals surface area contributed by atoms with E-state index in [0.29, 0.717) is 5.15 Å². The fraction of sp³-hybridized carbons (Fsp3) is 0.222. The Labute approximate surface area is 128 Å². The summed E-state index contributed by atoms with van der Waals surface area (Å²) in [6.45, 7) is 0. The maximum atomic E-state index is 6.40. The predicted molar refractivity (Wildman–Crippen MR) is 86.6 cm³/mol. The van der Waals surface area contributed by atoms with E-state index in [1.165, 1.54) is 23.6 Å². The van der Waals surface area contributed by atoms with Gasteiger partial charge < -0.3 is 0 Å². The Kier molecular flexibility index (Phi) is 3.12. The summed E-state index contributed by atoms with van der Waals surface area (Å²) in [7, 11) is 0. The first-order valence-corrected chi connectivity index (χ1v) is 7.74. The van der Waals surface area contributed by atoms with Gasteiger partial charge in [-0.25, -0.2) is 9.97 Å². The second-order valence-electron chi connectivity index (χ2n) is 5.50. The third-order valence-corrected chi connectivity index (χ3v) is 4.48. The minimum atomic E-state index is 0.627. The maximum Gasteiger partial charge on any atom is 0.161 e. The van der Waals surface area contributed by atoms with Crippen LogP contribution in [0.5, 0.6) is 0 Å². The fourth-order valence-corrected chi connectivity index (χ4v) is 3.37. The minimum absolute atomic E-state index is 0.627. The average molecular weight is 295 g/mol. The highest BCUT2D eigenvalue weighted by Crippen LogP contribution is 2.31. The topological polar surface area (TPSA) is 25.8 Å². The second kappa shape index (κ2) is 5.12. The molecule has 0 fully saturated rings. The third kappa shape index (κ3) is 2.20. The van der Waals surface area contributed by atoms with Gasteiger partial charge in [0, 0.05) is 16.8 Å². The minimum Gasteiger partial charge on any atom is -0.233 e. The highest BCUT2D eigenvalue weighted by atomic mass is 35.5. The summed E-state index contributed by atoms with van der Waals surface area (Å²) in [6.07, 6.45) is 4.39. The third-order valence-electron chi connectivity index (χ3n) is 4.16. The molecule has 0 unspecified atom stereocenters.